The fourth-order valence-electron chi connectivity index (χ4n) is 0.533. The van der Waals surface area contributed by atoms with Crippen molar-refractivity contribution in [3.8, 4) is 0 Å². The van der Waals surface area contributed by atoms with E-state index in [2.05, 4.69) is 20.1 Å². The lowest BCUT2D eigenvalue weighted by atomic mass is 10.2. The third-order valence-electron chi connectivity index (χ3n) is 1.02. The SMILES string of the molecule is C[B]SOC(SC)C(C)C. The standard InChI is InChI=1S/C6H14BOS2/c1-5(2)6(9-4)8-10-7-3/h5-6H,1-4H3. The maximum atomic E-state index is 5.43. The van der Waals surface area contributed by atoms with E-state index in [0.717, 1.165) is 0 Å². The molecule has 0 aliphatic rings. The summed E-state index contributed by atoms with van der Waals surface area (Å²) in [6.07, 6.45) is 2.07. The van der Waals surface area contributed by atoms with Gasteiger partial charge in [-0.1, -0.05) is 32.6 Å². The van der Waals surface area contributed by atoms with Crippen LogP contribution in [-0.2, 0) is 4.18 Å². The van der Waals surface area contributed by atoms with Gasteiger partial charge < -0.3 is 4.18 Å². The lowest BCUT2D eigenvalue weighted by molar-refractivity contribution is 0.281. The minimum atomic E-state index is 0.321. The first-order chi connectivity index (χ1) is 4.72. The minimum absolute atomic E-state index is 0.321. The molecule has 0 heterocycles. The summed E-state index contributed by atoms with van der Waals surface area (Å²) in [4.78, 5) is 0. The van der Waals surface area contributed by atoms with Crippen molar-refractivity contribution in [3.05, 3.63) is 0 Å². The van der Waals surface area contributed by atoms with Crippen LogP contribution in [0.5, 0.6) is 0 Å². The van der Waals surface area contributed by atoms with Crippen molar-refractivity contribution in [2.45, 2.75) is 26.1 Å². The first kappa shape index (κ1) is 10.7. The van der Waals surface area contributed by atoms with Gasteiger partial charge >= 0.3 is 0 Å². The van der Waals surface area contributed by atoms with E-state index in [1.165, 1.54) is 11.9 Å². The van der Waals surface area contributed by atoms with Crippen LogP contribution in [0.2, 0.25) is 6.82 Å². The predicted molar refractivity (Wildman–Crippen MR) is 52.4 cm³/mol. The van der Waals surface area contributed by atoms with Gasteiger partial charge in [0.15, 0.2) is 0 Å². The Bertz CT molecular complexity index is 80.1. The van der Waals surface area contributed by atoms with E-state index in [4.69, 9.17) is 4.18 Å². The van der Waals surface area contributed by atoms with Gasteiger partial charge in [0, 0.05) is 0 Å². The van der Waals surface area contributed by atoms with Crippen LogP contribution < -0.4 is 0 Å². The number of hydrogen-bond acceptors (Lipinski definition) is 3. The highest BCUT2D eigenvalue weighted by Gasteiger charge is 2.11. The molecule has 0 fully saturated rings. The maximum absolute atomic E-state index is 5.43. The van der Waals surface area contributed by atoms with Crippen LogP contribution in [-0.4, -0.2) is 18.2 Å². The Kier molecular flexibility index (Phi) is 6.90. The van der Waals surface area contributed by atoms with Gasteiger partial charge in [0.05, 0.1) is 0 Å². The van der Waals surface area contributed by atoms with E-state index in [1.807, 2.05) is 13.4 Å². The summed E-state index contributed by atoms with van der Waals surface area (Å²) >= 11 is 3.18. The van der Waals surface area contributed by atoms with Crippen molar-refractivity contribution in [1.82, 2.24) is 0 Å². The van der Waals surface area contributed by atoms with E-state index in [-0.39, 0.29) is 0 Å². The van der Waals surface area contributed by atoms with E-state index < -0.39 is 0 Å². The van der Waals surface area contributed by atoms with Crippen LogP contribution >= 0.6 is 23.7 Å². The van der Waals surface area contributed by atoms with Crippen molar-refractivity contribution >= 4 is 30.2 Å². The molecule has 0 aromatic rings. The Balaban J connectivity index is 3.40. The Morgan fingerprint density at radius 2 is 2.00 bits per heavy atom. The molecule has 1 radical (unpaired) electrons. The quantitative estimate of drug-likeness (QED) is 0.363. The first-order valence-electron chi connectivity index (χ1n) is 3.35. The molecule has 0 saturated carbocycles. The van der Waals surface area contributed by atoms with Crippen molar-refractivity contribution in [2.75, 3.05) is 6.26 Å². The maximum Gasteiger partial charge on any atom is 0.227 e. The van der Waals surface area contributed by atoms with Crippen molar-refractivity contribution in [1.29, 1.82) is 0 Å². The lowest BCUT2D eigenvalue weighted by Gasteiger charge is -2.17. The first-order valence-corrected chi connectivity index (χ1v) is 5.44. The monoisotopic (exact) mass is 177 g/mol. The van der Waals surface area contributed by atoms with Gasteiger partial charge in [-0.05, 0) is 12.2 Å². The van der Waals surface area contributed by atoms with Gasteiger partial charge in [-0.15, -0.1) is 11.8 Å². The molecule has 0 aromatic heterocycles. The van der Waals surface area contributed by atoms with Crippen LogP contribution in [0.1, 0.15) is 13.8 Å². The van der Waals surface area contributed by atoms with Crippen LogP contribution in [0.3, 0.4) is 0 Å². The Morgan fingerprint density at radius 1 is 1.40 bits per heavy atom. The molecule has 59 valence electrons. The zero-order valence-corrected chi connectivity index (χ0v) is 8.59. The highest BCUT2D eigenvalue weighted by Crippen LogP contribution is 2.22. The molecule has 0 saturated heterocycles. The van der Waals surface area contributed by atoms with E-state index >= 15 is 0 Å². The molecule has 0 aromatic carbocycles. The van der Waals surface area contributed by atoms with Crippen LogP contribution in [0.15, 0.2) is 0 Å². The third kappa shape index (κ3) is 4.53. The average molecular weight is 177 g/mol. The molecular formula is C6H14BOS2. The molecule has 0 aliphatic carbocycles. The summed E-state index contributed by atoms with van der Waals surface area (Å²) in [5.41, 5.74) is 0.321. The Labute approximate surface area is 73.0 Å². The topological polar surface area (TPSA) is 9.23 Å². The Hall–Kier alpha value is 0.725. The second-order valence-electron chi connectivity index (χ2n) is 2.28. The highest BCUT2D eigenvalue weighted by atomic mass is 32.2. The third-order valence-corrected chi connectivity index (χ3v) is 2.76. The number of thioether (sulfide) groups is 1. The molecule has 0 aliphatic heterocycles. The predicted octanol–water partition coefficient (Wildman–Crippen LogP) is 2.66. The van der Waals surface area contributed by atoms with E-state index in [0.29, 0.717) is 11.4 Å². The highest BCUT2D eigenvalue weighted by molar-refractivity contribution is 8.18. The summed E-state index contributed by atoms with van der Waals surface area (Å²) in [5.74, 6) is 0.586. The van der Waals surface area contributed by atoms with Crippen molar-refractivity contribution in [2.24, 2.45) is 5.92 Å². The van der Waals surface area contributed by atoms with Gasteiger partial charge in [0.2, 0.25) is 6.56 Å². The number of hydrogen-bond donors (Lipinski definition) is 0. The van der Waals surface area contributed by atoms with Crippen LogP contribution in [0.4, 0.5) is 0 Å². The molecule has 10 heavy (non-hydrogen) atoms. The zero-order chi connectivity index (χ0) is 7.98. The Morgan fingerprint density at radius 3 is 2.30 bits per heavy atom. The largest absolute Gasteiger partial charge is 0.314 e. The lowest BCUT2D eigenvalue weighted by Crippen LogP contribution is -2.11. The van der Waals surface area contributed by atoms with Gasteiger partial charge in [-0.2, -0.15) is 0 Å². The van der Waals surface area contributed by atoms with E-state index in [9.17, 15) is 0 Å². The zero-order valence-electron chi connectivity index (χ0n) is 6.96. The minimum Gasteiger partial charge on any atom is -0.314 e. The van der Waals surface area contributed by atoms with Gasteiger partial charge in [-0.25, -0.2) is 0 Å². The van der Waals surface area contributed by atoms with E-state index in [1.54, 1.807) is 11.8 Å². The van der Waals surface area contributed by atoms with Gasteiger partial charge in [-0.3, -0.25) is 0 Å². The van der Waals surface area contributed by atoms with Crippen molar-refractivity contribution < 1.29 is 4.18 Å². The summed E-state index contributed by atoms with van der Waals surface area (Å²) in [6, 6.07) is 0. The molecule has 4 heteroatoms. The normalized spacial score (nSPS) is 13.7. The molecule has 0 rings (SSSR count). The molecule has 0 N–H and O–H groups in total. The molecular weight excluding hydrogens is 163 g/mol. The summed E-state index contributed by atoms with van der Waals surface area (Å²) in [5, 5.41) is 0. The summed E-state index contributed by atoms with van der Waals surface area (Å²) in [7, 11) is 0. The van der Waals surface area contributed by atoms with Crippen LogP contribution in [0, 0.1) is 5.92 Å². The molecule has 0 spiro atoms. The fraction of sp³-hybridized carbons (Fsp3) is 1.00. The van der Waals surface area contributed by atoms with Crippen LogP contribution in [0.25, 0.3) is 0 Å². The number of rotatable bonds is 5. The van der Waals surface area contributed by atoms with Gasteiger partial charge in [0.1, 0.15) is 5.44 Å². The second kappa shape index (κ2) is 6.44. The molecule has 0 amide bonds. The molecule has 1 nitrogen and oxygen atoms in total. The smallest absolute Gasteiger partial charge is 0.227 e. The molecule has 1 atom stereocenters. The molecule has 1 unspecified atom stereocenters. The van der Waals surface area contributed by atoms with Crippen molar-refractivity contribution in [3.63, 3.8) is 0 Å². The fourth-order valence-corrected chi connectivity index (χ4v) is 1.97. The average Bonchev–Trinajstić information content (AvgIpc) is 1.89. The van der Waals surface area contributed by atoms with Gasteiger partial charge in [0.25, 0.3) is 0 Å². The summed E-state index contributed by atoms with van der Waals surface area (Å²) < 4.78 is 5.43. The molecule has 0 bridgehead atoms. The second-order valence-corrected chi connectivity index (χ2v) is 4.07. The summed E-state index contributed by atoms with van der Waals surface area (Å²) in [6.45, 7) is 8.25.